The van der Waals surface area contributed by atoms with Crippen molar-refractivity contribution in [1.29, 1.82) is 0 Å². The molecule has 2 N–H and O–H groups in total. The number of thiocarbonyl (C=S) groups is 1. The van der Waals surface area contributed by atoms with E-state index in [-0.39, 0.29) is 23.9 Å². The van der Waals surface area contributed by atoms with Crippen LogP contribution in [0.25, 0.3) is 5.69 Å². The number of amides is 1. The molecule has 1 aliphatic rings. The summed E-state index contributed by atoms with van der Waals surface area (Å²) in [6.45, 7) is 7.87. The maximum absolute atomic E-state index is 12.3. The molecular formula is C30H31N5OS. The van der Waals surface area contributed by atoms with E-state index >= 15 is 0 Å². The van der Waals surface area contributed by atoms with Crippen molar-refractivity contribution in [2.45, 2.75) is 39.8 Å². The number of hydrogen-bond acceptors (Lipinski definition) is 3. The minimum Gasteiger partial charge on any atom is -0.351 e. The monoisotopic (exact) mass is 509 g/mol. The number of pyridine rings is 1. The van der Waals surface area contributed by atoms with Gasteiger partial charge in [0.15, 0.2) is 5.11 Å². The van der Waals surface area contributed by atoms with Crippen molar-refractivity contribution in [2.75, 3.05) is 10.2 Å². The van der Waals surface area contributed by atoms with E-state index in [1.807, 2.05) is 57.3 Å². The fourth-order valence-corrected chi connectivity index (χ4v) is 5.07. The first-order valence-corrected chi connectivity index (χ1v) is 12.9. The van der Waals surface area contributed by atoms with Gasteiger partial charge < -0.3 is 20.1 Å². The number of carbonyl (C=O) groups excluding carboxylic acids is 1. The standard InChI is InChI=1S/C30H31N5OS/c1-19(2)29(36)32-24-15-14-23(18-21(24)4)35-28(27(33-30(35)37)25-8-5-6-16-31-25)26-9-7-17-34(26)22-12-10-20(3)11-13-22/h5-19,27-28H,1-4H3,(H,32,36)(H,33,37). The molecule has 1 saturated heterocycles. The molecule has 4 aromatic rings. The van der Waals surface area contributed by atoms with Gasteiger partial charge in [0.2, 0.25) is 5.91 Å². The zero-order valence-electron chi connectivity index (χ0n) is 21.5. The van der Waals surface area contributed by atoms with E-state index in [9.17, 15) is 4.79 Å². The molecule has 1 aliphatic heterocycles. The van der Waals surface area contributed by atoms with E-state index in [1.165, 1.54) is 5.56 Å². The molecule has 2 aromatic carbocycles. The Morgan fingerprint density at radius 2 is 1.76 bits per heavy atom. The molecule has 1 amide bonds. The van der Waals surface area contributed by atoms with E-state index in [0.29, 0.717) is 5.11 Å². The van der Waals surface area contributed by atoms with Crippen LogP contribution in [0.2, 0.25) is 0 Å². The SMILES string of the molecule is Cc1ccc(-n2cccc2C2C(c3ccccn3)NC(=S)N2c2ccc(NC(=O)C(C)C)c(C)c2)cc1. The average molecular weight is 510 g/mol. The fraction of sp³-hybridized carbons (Fsp3) is 0.233. The third-order valence-electron chi connectivity index (χ3n) is 6.76. The van der Waals surface area contributed by atoms with Crippen molar-refractivity contribution in [3.8, 4) is 5.69 Å². The molecular weight excluding hydrogens is 478 g/mol. The Balaban J connectivity index is 1.59. The van der Waals surface area contributed by atoms with Crippen LogP contribution in [0.15, 0.2) is 85.2 Å². The second-order valence-corrected chi connectivity index (χ2v) is 10.2. The summed E-state index contributed by atoms with van der Waals surface area (Å²) in [4.78, 5) is 19.1. The highest BCUT2D eigenvalue weighted by molar-refractivity contribution is 7.80. The van der Waals surface area contributed by atoms with Gasteiger partial charge in [-0.15, -0.1) is 0 Å². The average Bonchev–Trinajstić information content (AvgIpc) is 3.50. The molecule has 37 heavy (non-hydrogen) atoms. The summed E-state index contributed by atoms with van der Waals surface area (Å²) >= 11 is 5.92. The Kier molecular flexibility index (Phi) is 6.80. The lowest BCUT2D eigenvalue weighted by molar-refractivity contribution is -0.118. The van der Waals surface area contributed by atoms with Gasteiger partial charge in [0, 0.05) is 41.1 Å². The maximum Gasteiger partial charge on any atom is 0.226 e. The summed E-state index contributed by atoms with van der Waals surface area (Å²) in [5.41, 5.74) is 7.07. The number of aromatic nitrogens is 2. The molecule has 0 bridgehead atoms. The molecule has 1 fully saturated rings. The molecule has 7 heteroatoms. The first-order valence-electron chi connectivity index (χ1n) is 12.5. The smallest absolute Gasteiger partial charge is 0.226 e. The summed E-state index contributed by atoms with van der Waals surface area (Å²) in [5, 5.41) is 7.20. The van der Waals surface area contributed by atoms with Crippen molar-refractivity contribution in [3.63, 3.8) is 0 Å². The van der Waals surface area contributed by atoms with E-state index in [2.05, 4.69) is 80.7 Å². The molecule has 5 rings (SSSR count). The number of benzene rings is 2. The number of anilines is 2. The number of rotatable bonds is 6. The number of nitrogens with one attached hydrogen (secondary N) is 2. The van der Waals surface area contributed by atoms with Crippen molar-refractivity contribution in [2.24, 2.45) is 5.92 Å². The van der Waals surface area contributed by atoms with Gasteiger partial charge in [0.05, 0.1) is 11.7 Å². The van der Waals surface area contributed by atoms with Crippen LogP contribution in [0.5, 0.6) is 0 Å². The van der Waals surface area contributed by atoms with Gasteiger partial charge in [-0.25, -0.2) is 0 Å². The molecule has 2 unspecified atom stereocenters. The molecule has 0 radical (unpaired) electrons. The molecule has 0 aliphatic carbocycles. The normalized spacial score (nSPS) is 17.2. The van der Waals surface area contributed by atoms with Gasteiger partial charge in [-0.1, -0.05) is 37.6 Å². The van der Waals surface area contributed by atoms with E-state index in [4.69, 9.17) is 12.2 Å². The van der Waals surface area contributed by atoms with Gasteiger partial charge in [0.1, 0.15) is 6.04 Å². The van der Waals surface area contributed by atoms with Crippen LogP contribution < -0.4 is 15.5 Å². The maximum atomic E-state index is 12.3. The van der Waals surface area contributed by atoms with Crippen LogP contribution in [0.4, 0.5) is 11.4 Å². The summed E-state index contributed by atoms with van der Waals surface area (Å²) in [7, 11) is 0. The Morgan fingerprint density at radius 3 is 2.43 bits per heavy atom. The lowest BCUT2D eigenvalue weighted by Gasteiger charge is -2.29. The molecule has 2 atom stereocenters. The van der Waals surface area contributed by atoms with E-state index < -0.39 is 0 Å². The van der Waals surface area contributed by atoms with Crippen LogP contribution in [-0.4, -0.2) is 20.6 Å². The van der Waals surface area contributed by atoms with E-state index in [0.717, 1.165) is 34.0 Å². The van der Waals surface area contributed by atoms with Crippen LogP contribution in [-0.2, 0) is 4.79 Å². The fourth-order valence-electron chi connectivity index (χ4n) is 4.72. The molecule has 0 spiro atoms. The second kappa shape index (κ2) is 10.2. The number of hydrogen-bond donors (Lipinski definition) is 2. The summed E-state index contributed by atoms with van der Waals surface area (Å²) < 4.78 is 2.22. The number of nitrogens with zero attached hydrogens (tertiary/aromatic N) is 3. The lowest BCUT2D eigenvalue weighted by atomic mass is 10.00. The van der Waals surface area contributed by atoms with Crippen LogP contribution >= 0.6 is 12.2 Å². The molecule has 188 valence electrons. The molecule has 0 saturated carbocycles. The zero-order valence-corrected chi connectivity index (χ0v) is 22.3. The van der Waals surface area contributed by atoms with Crippen LogP contribution in [0.3, 0.4) is 0 Å². The minimum absolute atomic E-state index is 0.00164. The first-order chi connectivity index (χ1) is 17.8. The Labute approximate surface area is 223 Å². The van der Waals surface area contributed by atoms with Gasteiger partial charge in [-0.2, -0.15) is 0 Å². The second-order valence-electron chi connectivity index (χ2n) is 9.78. The predicted molar refractivity (Wildman–Crippen MR) is 153 cm³/mol. The highest BCUT2D eigenvalue weighted by Crippen LogP contribution is 2.42. The number of carbonyl (C=O) groups is 1. The van der Waals surface area contributed by atoms with Crippen molar-refractivity contribution in [1.82, 2.24) is 14.9 Å². The third kappa shape index (κ3) is 4.87. The Bertz CT molecular complexity index is 1430. The third-order valence-corrected chi connectivity index (χ3v) is 7.08. The van der Waals surface area contributed by atoms with Gasteiger partial charge >= 0.3 is 0 Å². The van der Waals surface area contributed by atoms with Gasteiger partial charge in [-0.3, -0.25) is 9.78 Å². The molecule has 3 heterocycles. The largest absolute Gasteiger partial charge is 0.351 e. The Morgan fingerprint density at radius 1 is 1.00 bits per heavy atom. The summed E-state index contributed by atoms with van der Waals surface area (Å²) in [6, 6.07) is 24.5. The summed E-state index contributed by atoms with van der Waals surface area (Å²) in [5.74, 6) is -0.0919. The zero-order chi connectivity index (χ0) is 26.1. The summed E-state index contributed by atoms with van der Waals surface area (Å²) in [6.07, 6.45) is 3.90. The van der Waals surface area contributed by atoms with Crippen molar-refractivity contribution in [3.05, 3.63) is 108 Å². The molecule has 2 aromatic heterocycles. The number of aryl methyl sites for hydroxylation is 2. The highest BCUT2D eigenvalue weighted by Gasteiger charge is 2.42. The van der Waals surface area contributed by atoms with Crippen molar-refractivity contribution >= 4 is 34.6 Å². The van der Waals surface area contributed by atoms with Crippen LogP contribution in [0, 0.1) is 19.8 Å². The van der Waals surface area contributed by atoms with Crippen LogP contribution in [0.1, 0.15) is 48.4 Å². The predicted octanol–water partition coefficient (Wildman–Crippen LogP) is 6.26. The quantitative estimate of drug-likeness (QED) is 0.300. The first kappa shape index (κ1) is 24.7. The van der Waals surface area contributed by atoms with Gasteiger partial charge in [-0.05, 0) is 86.2 Å². The van der Waals surface area contributed by atoms with Crippen molar-refractivity contribution < 1.29 is 4.79 Å². The topological polar surface area (TPSA) is 62.2 Å². The Hall–Kier alpha value is -3.97. The highest BCUT2D eigenvalue weighted by atomic mass is 32.1. The van der Waals surface area contributed by atoms with Gasteiger partial charge in [0.25, 0.3) is 0 Å². The molecule has 6 nitrogen and oxygen atoms in total. The minimum atomic E-state index is -0.145. The van der Waals surface area contributed by atoms with E-state index in [1.54, 1.807) is 0 Å². The lowest BCUT2D eigenvalue weighted by Crippen LogP contribution is -2.30.